The first-order valence-electron chi connectivity index (χ1n) is 5.73. The lowest BCUT2D eigenvalue weighted by atomic mass is 10.3. The molecule has 16 heavy (non-hydrogen) atoms. The Kier molecular flexibility index (Phi) is 7.33. The van der Waals surface area contributed by atoms with E-state index >= 15 is 0 Å². The summed E-state index contributed by atoms with van der Waals surface area (Å²) in [4.78, 5) is 24.4. The van der Waals surface area contributed by atoms with Gasteiger partial charge in [0, 0.05) is 12.6 Å². The average Bonchev–Trinajstić information content (AvgIpc) is 2.22. The van der Waals surface area contributed by atoms with Crippen molar-refractivity contribution in [2.24, 2.45) is 0 Å². The van der Waals surface area contributed by atoms with Gasteiger partial charge in [0.25, 0.3) is 0 Å². The molecule has 0 heterocycles. The van der Waals surface area contributed by atoms with Gasteiger partial charge in [0.15, 0.2) is 0 Å². The first-order chi connectivity index (χ1) is 7.52. The van der Waals surface area contributed by atoms with Gasteiger partial charge >= 0.3 is 12.0 Å². The summed E-state index contributed by atoms with van der Waals surface area (Å²) in [5.74, 6) is -0.406. The molecule has 0 aliphatic carbocycles. The van der Waals surface area contributed by atoms with E-state index in [-0.39, 0.29) is 18.6 Å². The predicted octanol–water partition coefficient (Wildman–Crippen LogP) is 1.38. The molecule has 0 aliphatic rings. The number of ether oxygens (including phenoxy) is 1. The molecule has 0 saturated heterocycles. The SMILES string of the molecule is CCCN(C(=O)NCC(=O)OCC)C(C)C. The molecule has 2 amide bonds. The predicted molar refractivity (Wildman–Crippen MR) is 62.2 cm³/mol. The number of hydrogen-bond donors (Lipinski definition) is 1. The maximum absolute atomic E-state index is 11.7. The number of carbonyl (C=O) groups excluding carboxylic acids is 2. The van der Waals surface area contributed by atoms with Crippen molar-refractivity contribution in [3.63, 3.8) is 0 Å². The maximum Gasteiger partial charge on any atom is 0.325 e. The third kappa shape index (κ3) is 5.58. The molecule has 0 saturated carbocycles. The molecule has 0 aromatic carbocycles. The van der Waals surface area contributed by atoms with Gasteiger partial charge in [-0.3, -0.25) is 4.79 Å². The molecule has 0 fully saturated rings. The molecule has 0 aliphatic heterocycles. The molecule has 5 heteroatoms. The summed E-state index contributed by atoms with van der Waals surface area (Å²) in [5, 5.41) is 2.55. The second-order valence-corrected chi connectivity index (χ2v) is 3.75. The van der Waals surface area contributed by atoms with E-state index in [1.54, 1.807) is 11.8 Å². The molecule has 0 unspecified atom stereocenters. The molecule has 0 aromatic heterocycles. The van der Waals surface area contributed by atoms with Crippen LogP contribution in [-0.4, -0.2) is 42.6 Å². The van der Waals surface area contributed by atoms with E-state index < -0.39 is 5.97 Å². The fourth-order valence-corrected chi connectivity index (χ4v) is 1.30. The Morgan fingerprint density at radius 3 is 2.38 bits per heavy atom. The highest BCUT2D eigenvalue weighted by Crippen LogP contribution is 1.99. The van der Waals surface area contributed by atoms with Gasteiger partial charge in [0.05, 0.1) is 6.61 Å². The standard InChI is InChI=1S/C11H22N2O3/c1-5-7-13(9(3)4)11(15)12-8-10(14)16-6-2/h9H,5-8H2,1-4H3,(H,12,15). The summed E-state index contributed by atoms with van der Waals surface area (Å²) in [6.07, 6.45) is 0.894. The fourth-order valence-electron chi connectivity index (χ4n) is 1.30. The molecule has 0 bridgehead atoms. The summed E-state index contributed by atoms with van der Waals surface area (Å²) >= 11 is 0. The summed E-state index contributed by atoms with van der Waals surface area (Å²) < 4.78 is 4.72. The molecule has 0 rings (SSSR count). The number of carbonyl (C=O) groups is 2. The smallest absolute Gasteiger partial charge is 0.325 e. The van der Waals surface area contributed by atoms with Crippen LogP contribution in [0.3, 0.4) is 0 Å². The molecule has 1 N–H and O–H groups in total. The van der Waals surface area contributed by atoms with E-state index in [9.17, 15) is 9.59 Å². The molecular weight excluding hydrogens is 208 g/mol. The van der Waals surface area contributed by atoms with E-state index in [4.69, 9.17) is 4.74 Å². The van der Waals surface area contributed by atoms with Crippen LogP contribution in [0.4, 0.5) is 4.79 Å². The normalized spacial score (nSPS) is 10.1. The van der Waals surface area contributed by atoms with Gasteiger partial charge in [-0.25, -0.2) is 4.79 Å². The van der Waals surface area contributed by atoms with Gasteiger partial charge in [-0.1, -0.05) is 6.92 Å². The topological polar surface area (TPSA) is 58.6 Å². The zero-order valence-electron chi connectivity index (χ0n) is 10.6. The number of rotatable bonds is 6. The van der Waals surface area contributed by atoms with Crippen LogP contribution < -0.4 is 5.32 Å². The van der Waals surface area contributed by atoms with E-state index in [0.29, 0.717) is 13.2 Å². The van der Waals surface area contributed by atoms with Crippen molar-refractivity contribution in [2.45, 2.75) is 40.2 Å². The van der Waals surface area contributed by atoms with Gasteiger partial charge < -0.3 is 15.0 Å². The molecule has 5 nitrogen and oxygen atoms in total. The first kappa shape index (κ1) is 14.7. The van der Waals surface area contributed by atoms with Crippen molar-refractivity contribution in [2.75, 3.05) is 19.7 Å². The number of nitrogens with one attached hydrogen (secondary N) is 1. The zero-order valence-corrected chi connectivity index (χ0v) is 10.6. The van der Waals surface area contributed by atoms with Gasteiger partial charge in [-0.2, -0.15) is 0 Å². The van der Waals surface area contributed by atoms with Crippen LogP contribution in [-0.2, 0) is 9.53 Å². The molecule has 0 spiro atoms. The van der Waals surface area contributed by atoms with E-state index in [0.717, 1.165) is 6.42 Å². The zero-order chi connectivity index (χ0) is 12.6. The average molecular weight is 230 g/mol. The third-order valence-corrected chi connectivity index (χ3v) is 2.04. The Morgan fingerprint density at radius 2 is 1.94 bits per heavy atom. The largest absolute Gasteiger partial charge is 0.465 e. The summed E-state index contributed by atoms with van der Waals surface area (Å²) in [5.41, 5.74) is 0. The summed E-state index contributed by atoms with van der Waals surface area (Å²) in [7, 11) is 0. The van der Waals surface area contributed by atoms with Crippen LogP contribution in [0.1, 0.15) is 34.1 Å². The van der Waals surface area contributed by atoms with Crippen molar-refractivity contribution in [3.8, 4) is 0 Å². The number of esters is 1. The number of amides is 2. The monoisotopic (exact) mass is 230 g/mol. The van der Waals surface area contributed by atoms with Crippen LogP contribution >= 0.6 is 0 Å². The highest BCUT2D eigenvalue weighted by Gasteiger charge is 2.16. The van der Waals surface area contributed by atoms with Gasteiger partial charge in [-0.15, -0.1) is 0 Å². The lowest BCUT2D eigenvalue weighted by Crippen LogP contribution is -2.46. The Balaban J connectivity index is 4.05. The van der Waals surface area contributed by atoms with Crippen molar-refractivity contribution in [3.05, 3.63) is 0 Å². The second-order valence-electron chi connectivity index (χ2n) is 3.75. The van der Waals surface area contributed by atoms with Crippen LogP contribution in [0.15, 0.2) is 0 Å². The van der Waals surface area contributed by atoms with Gasteiger partial charge in [-0.05, 0) is 27.2 Å². The number of urea groups is 1. The van der Waals surface area contributed by atoms with Crippen LogP contribution in [0.2, 0.25) is 0 Å². The highest BCUT2D eigenvalue weighted by atomic mass is 16.5. The van der Waals surface area contributed by atoms with E-state index in [2.05, 4.69) is 5.32 Å². The minimum absolute atomic E-state index is 0.0698. The molecule has 94 valence electrons. The fraction of sp³-hybridized carbons (Fsp3) is 0.818. The van der Waals surface area contributed by atoms with Crippen molar-refractivity contribution in [1.82, 2.24) is 10.2 Å². The highest BCUT2D eigenvalue weighted by molar-refractivity contribution is 5.80. The first-order valence-corrected chi connectivity index (χ1v) is 5.73. The second kappa shape index (κ2) is 7.96. The summed E-state index contributed by atoms with van der Waals surface area (Å²) in [6.45, 7) is 8.58. The molecular formula is C11H22N2O3. The van der Waals surface area contributed by atoms with Crippen molar-refractivity contribution < 1.29 is 14.3 Å². The molecule has 0 atom stereocenters. The van der Waals surface area contributed by atoms with E-state index in [1.807, 2.05) is 20.8 Å². The quantitative estimate of drug-likeness (QED) is 0.701. The van der Waals surface area contributed by atoms with Crippen molar-refractivity contribution >= 4 is 12.0 Å². The van der Waals surface area contributed by atoms with Crippen LogP contribution in [0.5, 0.6) is 0 Å². The molecule has 0 aromatic rings. The lowest BCUT2D eigenvalue weighted by Gasteiger charge is -2.26. The number of hydrogen-bond acceptors (Lipinski definition) is 3. The van der Waals surface area contributed by atoms with Crippen LogP contribution in [0.25, 0.3) is 0 Å². The van der Waals surface area contributed by atoms with E-state index in [1.165, 1.54) is 0 Å². The minimum Gasteiger partial charge on any atom is -0.465 e. The lowest BCUT2D eigenvalue weighted by molar-refractivity contribution is -0.141. The minimum atomic E-state index is -0.406. The maximum atomic E-state index is 11.7. The Labute approximate surface area is 97.1 Å². The third-order valence-electron chi connectivity index (χ3n) is 2.04. The van der Waals surface area contributed by atoms with Crippen molar-refractivity contribution in [1.29, 1.82) is 0 Å². The summed E-state index contributed by atoms with van der Waals surface area (Å²) in [6, 6.07) is -0.0907. The Bertz CT molecular complexity index is 229. The molecule has 0 radical (unpaired) electrons. The van der Waals surface area contributed by atoms with Crippen LogP contribution in [0, 0.1) is 0 Å². The number of nitrogens with zero attached hydrogens (tertiary/aromatic N) is 1. The van der Waals surface area contributed by atoms with Gasteiger partial charge in [0.1, 0.15) is 6.54 Å². The van der Waals surface area contributed by atoms with Gasteiger partial charge in [0.2, 0.25) is 0 Å². The Hall–Kier alpha value is -1.26. The Morgan fingerprint density at radius 1 is 1.31 bits per heavy atom.